The number of rotatable bonds is 6. The lowest BCUT2D eigenvalue weighted by Crippen LogP contribution is -2.42. The minimum Gasteiger partial charge on any atom is -0.497 e. The summed E-state index contributed by atoms with van der Waals surface area (Å²) < 4.78 is 10.9. The number of hydrogen-bond acceptors (Lipinski definition) is 5. The molecule has 1 aromatic carbocycles. The van der Waals surface area contributed by atoms with E-state index in [1.807, 2.05) is 24.3 Å². The van der Waals surface area contributed by atoms with Crippen LogP contribution < -0.4 is 9.47 Å². The van der Waals surface area contributed by atoms with Crippen LogP contribution in [0.4, 0.5) is 0 Å². The van der Waals surface area contributed by atoms with Gasteiger partial charge in [0.15, 0.2) is 0 Å². The lowest BCUT2D eigenvalue weighted by atomic mass is 9.93. The van der Waals surface area contributed by atoms with E-state index >= 15 is 0 Å². The Bertz CT molecular complexity index is 459. The van der Waals surface area contributed by atoms with Crippen molar-refractivity contribution in [2.24, 2.45) is 11.1 Å². The molecule has 2 rings (SSSR count). The first-order valence-corrected chi connectivity index (χ1v) is 7.46. The Labute approximate surface area is 126 Å². The molecule has 116 valence electrons. The van der Waals surface area contributed by atoms with E-state index in [0.717, 1.165) is 49.7 Å². The Morgan fingerprint density at radius 3 is 2.62 bits per heavy atom. The summed E-state index contributed by atoms with van der Waals surface area (Å²) >= 11 is 0. The molecule has 1 aliphatic heterocycles. The average Bonchev–Trinajstić information content (AvgIpc) is 2.55. The van der Waals surface area contributed by atoms with Crippen LogP contribution in [0, 0.1) is 5.92 Å². The van der Waals surface area contributed by atoms with Crippen molar-refractivity contribution in [2.75, 3.05) is 33.4 Å². The van der Waals surface area contributed by atoms with Crippen LogP contribution in [-0.2, 0) is 0 Å². The molecular weight excluding hydrogens is 268 g/mol. The Hall–Kier alpha value is -1.75. The van der Waals surface area contributed by atoms with Gasteiger partial charge in [0.05, 0.1) is 12.8 Å². The van der Waals surface area contributed by atoms with Crippen molar-refractivity contribution < 1.29 is 14.7 Å². The Morgan fingerprint density at radius 2 is 2.00 bits per heavy atom. The molecule has 1 aliphatic rings. The maximum Gasteiger partial charge on any atom is 0.119 e. The van der Waals surface area contributed by atoms with Gasteiger partial charge in [0.1, 0.15) is 18.1 Å². The maximum atomic E-state index is 8.98. The number of methoxy groups -OCH3 is 1. The number of piperidine rings is 1. The van der Waals surface area contributed by atoms with Crippen LogP contribution in [-0.4, -0.2) is 49.2 Å². The van der Waals surface area contributed by atoms with E-state index in [4.69, 9.17) is 14.7 Å². The van der Waals surface area contributed by atoms with Gasteiger partial charge in [0.2, 0.25) is 0 Å². The maximum absolute atomic E-state index is 8.98. The van der Waals surface area contributed by atoms with Gasteiger partial charge in [-0.3, -0.25) is 4.90 Å². The monoisotopic (exact) mass is 292 g/mol. The van der Waals surface area contributed by atoms with Crippen LogP contribution in [0.2, 0.25) is 0 Å². The zero-order valence-electron chi connectivity index (χ0n) is 12.8. The first-order valence-electron chi connectivity index (χ1n) is 7.46. The third-order valence-corrected chi connectivity index (χ3v) is 3.99. The van der Waals surface area contributed by atoms with E-state index in [2.05, 4.69) is 17.0 Å². The molecule has 1 atom stereocenters. The second-order valence-corrected chi connectivity index (χ2v) is 5.27. The molecule has 1 fully saturated rings. The van der Waals surface area contributed by atoms with Gasteiger partial charge in [-0.1, -0.05) is 12.1 Å². The fraction of sp³-hybridized carbons (Fsp3) is 0.562. The third kappa shape index (κ3) is 4.36. The molecule has 21 heavy (non-hydrogen) atoms. The fourth-order valence-electron chi connectivity index (χ4n) is 2.65. The lowest BCUT2D eigenvalue weighted by molar-refractivity contribution is 0.185. The predicted octanol–water partition coefficient (Wildman–Crippen LogP) is 2.64. The van der Waals surface area contributed by atoms with Crippen LogP contribution in [0.5, 0.6) is 11.5 Å². The SMILES string of the molecule is CCC1CN(CCOc2ccc(OC)cc2)CC/C1=N\O. The molecule has 0 aromatic heterocycles. The quantitative estimate of drug-likeness (QED) is 0.647. The smallest absolute Gasteiger partial charge is 0.119 e. The average molecular weight is 292 g/mol. The fourth-order valence-corrected chi connectivity index (χ4v) is 2.65. The summed E-state index contributed by atoms with van der Waals surface area (Å²) in [4.78, 5) is 2.37. The van der Waals surface area contributed by atoms with Gasteiger partial charge in [0.25, 0.3) is 0 Å². The second-order valence-electron chi connectivity index (χ2n) is 5.27. The normalized spacial score (nSPS) is 21.4. The number of oxime groups is 1. The van der Waals surface area contributed by atoms with Crippen molar-refractivity contribution in [1.29, 1.82) is 0 Å². The van der Waals surface area contributed by atoms with Gasteiger partial charge < -0.3 is 14.7 Å². The summed E-state index contributed by atoms with van der Waals surface area (Å²) in [6.07, 6.45) is 1.85. The lowest BCUT2D eigenvalue weighted by Gasteiger charge is -2.32. The molecule has 0 bridgehead atoms. The second kappa shape index (κ2) is 7.88. The number of nitrogens with zero attached hydrogens (tertiary/aromatic N) is 2. The van der Waals surface area contributed by atoms with Gasteiger partial charge in [-0.15, -0.1) is 0 Å². The molecule has 0 radical (unpaired) electrons. The van der Waals surface area contributed by atoms with Crippen LogP contribution in [0.15, 0.2) is 29.4 Å². The Kier molecular flexibility index (Phi) is 5.87. The zero-order valence-corrected chi connectivity index (χ0v) is 12.8. The molecule has 0 amide bonds. The number of likely N-dealkylation sites (tertiary alicyclic amines) is 1. The van der Waals surface area contributed by atoms with Gasteiger partial charge >= 0.3 is 0 Å². The standard InChI is InChI=1S/C16H24N2O3/c1-3-13-12-18(9-8-16(13)17-19)10-11-21-15-6-4-14(20-2)5-7-15/h4-7,13,19H,3,8-12H2,1-2H3/b17-16+. The third-order valence-electron chi connectivity index (χ3n) is 3.99. The highest BCUT2D eigenvalue weighted by Gasteiger charge is 2.24. The van der Waals surface area contributed by atoms with Crippen molar-refractivity contribution in [1.82, 2.24) is 4.90 Å². The molecule has 1 saturated heterocycles. The molecule has 1 aromatic rings. The number of hydrogen-bond donors (Lipinski definition) is 1. The zero-order chi connectivity index (χ0) is 15.1. The minimum absolute atomic E-state index is 0.365. The van der Waals surface area contributed by atoms with Gasteiger partial charge in [-0.2, -0.15) is 0 Å². The molecule has 0 spiro atoms. The molecule has 0 aliphatic carbocycles. The van der Waals surface area contributed by atoms with Gasteiger partial charge in [0, 0.05) is 32.0 Å². The van der Waals surface area contributed by atoms with Crippen molar-refractivity contribution in [3.63, 3.8) is 0 Å². The number of benzene rings is 1. The van der Waals surface area contributed by atoms with E-state index in [9.17, 15) is 0 Å². The highest BCUT2D eigenvalue weighted by molar-refractivity contribution is 5.87. The summed E-state index contributed by atoms with van der Waals surface area (Å²) in [5, 5.41) is 12.4. The van der Waals surface area contributed by atoms with Gasteiger partial charge in [-0.25, -0.2) is 0 Å². The molecule has 5 heteroatoms. The van der Waals surface area contributed by atoms with Crippen molar-refractivity contribution >= 4 is 5.71 Å². The van der Waals surface area contributed by atoms with Crippen LogP contribution >= 0.6 is 0 Å². The summed E-state index contributed by atoms with van der Waals surface area (Å²) in [5.41, 5.74) is 0.935. The summed E-state index contributed by atoms with van der Waals surface area (Å²) in [5.74, 6) is 2.06. The largest absolute Gasteiger partial charge is 0.497 e. The van der Waals surface area contributed by atoms with Crippen LogP contribution in [0.25, 0.3) is 0 Å². The molecule has 0 saturated carbocycles. The molecule has 5 nitrogen and oxygen atoms in total. The minimum atomic E-state index is 0.365. The summed E-state index contributed by atoms with van der Waals surface area (Å²) in [6.45, 7) is 5.56. The topological polar surface area (TPSA) is 54.3 Å². The van der Waals surface area contributed by atoms with Crippen molar-refractivity contribution in [3.8, 4) is 11.5 Å². The highest BCUT2D eigenvalue weighted by atomic mass is 16.5. The Balaban J connectivity index is 1.75. The Morgan fingerprint density at radius 1 is 1.29 bits per heavy atom. The van der Waals surface area contributed by atoms with Gasteiger partial charge in [-0.05, 0) is 30.7 Å². The first kappa shape index (κ1) is 15.6. The van der Waals surface area contributed by atoms with E-state index in [1.165, 1.54) is 0 Å². The van der Waals surface area contributed by atoms with E-state index in [-0.39, 0.29) is 0 Å². The van der Waals surface area contributed by atoms with Crippen LogP contribution in [0.3, 0.4) is 0 Å². The highest BCUT2D eigenvalue weighted by Crippen LogP contribution is 2.19. The summed E-state index contributed by atoms with van der Waals surface area (Å²) in [6, 6.07) is 7.63. The van der Waals surface area contributed by atoms with Crippen molar-refractivity contribution in [2.45, 2.75) is 19.8 Å². The molecule has 1 heterocycles. The first-order chi connectivity index (χ1) is 10.3. The molecular formula is C16H24N2O3. The van der Waals surface area contributed by atoms with E-state index in [0.29, 0.717) is 12.5 Å². The molecule has 1 N–H and O–H groups in total. The molecule has 1 unspecified atom stereocenters. The van der Waals surface area contributed by atoms with Crippen molar-refractivity contribution in [3.05, 3.63) is 24.3 Å². The predicted molar refractivity (Wildman–Crippen MR) is 82.5 cm³/mol. The number of ether oxygens (including phenoxy) is 2. The van der Waals surface area contributed by atoms with E-state index < -0.39 is 0 Å². The van der Waals surface area contributed by atoms with E-state index in [1.54, 1.807) is 7.11 Å². The summed E-state index contributed by atoms with van der Waals surface area (Å²) in [7, 11) is 1.65. The van der Waals surface area contributed by atoms with Crippen LogP contribution in [0.1, 0.15) is 19.8 Å².